The van der Waals surface area contributed by atoms with E-state index in [1.807, 2.05) is 54.8 Å². The van der Waals surface area contributed by atoms with Crippen LogP contribution < -0.4 is 14.2 Å². The fourth-order valence-electron chi connectivity index (χ4n) is 4.11. The summed E-state index contributed by atoms with van der Waals surface area (Å²) < 4.78 is 17.5. The number of amidine groups is 2. The largest absolute Gasteiger partial charge is 0.493 e. The zero-order chi connectivity index (χ0) is 28.1. The molecule has 5 rings (SSSR count). The molecule has 0 fully saturated rings. The average Bonchev–Trinajstić information content (AvgIpc) is 3.37. The lowest BCUT2D eigenvalue weighted by atomic mass is 10.1. The monoisotopic (exact) mass is 593 g/mol. The number of ether oxygens (including phenoxy) is 3. The molecule has 1 amide bonds. The molecule has 2 aliphatic rings. The lowest BCUT2D eigenvalue weighted by molar-refractivity contribution is -0.114. The maximum absolute atomic E-state index is 12.9. The van der Waals surface area contributed by atoms with Crippen molar-refractivity contribution >= 4 is 63.6 Å². The third-order valence-electron chi connectivity index (χ3n) is 5.94. The van der Waals surface area contributed by atoms with Gasteiger partial charge in [0, 0.05) is 16.9 Å². The molecule has 3 aromatic carbocycles. The Hall–Kier alpha value is -3.72. The number of fused-ring (bicyclic) bond motifs is 1. The molecule has 0 saturated heterocycles. The average molecular weight is 595 g/mol. The summed E-state index contributed by atoms with van der Waals surface area (Å²) in [5, 5.41) is 12.2. The standard InChI is InChI=1S/C30H25Cl2N3O4S/c1-2-37-26-17-19(16-24(32)27(26)39-14-6-13-38-22-11-9-21(31)10-12-22)15-23-28(33)35-25(20-7-4-3-5-8-20)18-40-30(35)34-29(23)36/h3-5,7-12,15-18,33H,2,6,13-14H2,1H3/b23-15-,33-28?. The van der Waals surface area contributed by atoms with Crippen molar-refractivity contribution in [1.29, 1.82) is 5.41 Å². The van der Waals surface area contributed by atoms with Crippen molar-refractivity contribution in [3.8, 4) is 17.2 Å². The van der Waals surface area contributed by atoms with Crippen molar-refractivity contribution in [3.63, 3.8) is 0 Å². The molecule has 0 saturated carbocycles. The van der Waals surface area contributed by atoms with Crippen molar-refractivity contribution in [2.24, 2.45) is 4.99 Å². The van der Waals surface area contributed by atoms with Crippen LogP contribution in [0.1, 0.15) is 24.5 Å². The van der Waals surface area contributed by atoms with E-state index in [4.69, 9.17) is 42.8 Å². The summed E-state index contributed by atoms with van der Waals surface area (Å²) in [6.07, 6.45) is 2.22. The van der Waals surface area contributed by atoms with Crippen LogP contribution in [-0.4, -0.2) is 41.6 Å². The summed E-state index contributed by atoms with van der Waals surface area (Å²) in [4.78, 5) is 18.8. The van der Waals surface area contributed by atoms with Gasteiger partial charge in [-0.25, -0.2) is 0 Å². The zero-order valence-electron chi connectivity index (χ0n) is 21.5. The van der Waals surface area contributed by atoms with E-state index in [2.05, 4.69) is 4.99 Å². The van der Waals surface area contributed by atoms with E-state index in [-0.39, 0.29) is 11.4 Å². The van der Waals surface area contributed by atoms with Gasteiger partial charge in [-0.15, -0.1) is 0 Å². The maximum Gasteiger partial charge on any atom is 0.283 e. The van der Waals surface area contributed by atoms with Gasteiger partial charge in [0.1, 0.15) is 11.6 Å². The lowest BCUT2D eigenvalue weighted by Gasteiger charge is -2.27. The van der Waals surface area contributed by atoms with Crippen molar-refractivity contribution in [2.75, 3.05) is 19.8 Å². The fraction of sp³-hybridized carbons (Fsp3) is 0.167. The smallest absolute Gasteiger partial charge is 0.283 e. The Morgan fingerprint density at radius 3 is 2.50 bits per heavy atom. The van der Waals surface area contributed by atoms with E-state index >= 15 is 0 Å². The van der Waals surface area contributed by atoms with Gasteiger partial charge in [-0.2, -0.15) is 4.99 Å². The zero-order valence-corrected chi connectivity index (χ0v) is 23.9. The molecule has 1 N–H and O–H groups in total. The van der Waals surface area contributed by atoms with Crippen LogP contribution in [0.5, 0.6) is 17.2 Å². The minimum absolute atomic E-state index is 0.0465. The van der Waals surface area contributed by atoms with E-state index in [1.54, 1.807) is 35.2 Å². The Labute approximate surface area is 246 Å². The number of aliphatic imine (C=N–C) groups is 1. The van der Waals surface area contributed by atoms with Crippen LogP contribution in [0.15, 0.2) is 82.7 Å². The molecule has 0 spiro atoms. The number of nitrogens with zero attached hydrogens (tertiary/aromatic N) is 2. The highest BCUT2D eigenvalue weighted by Crippen LogP contribution is 2.40. The summed E-state index contributed by atoms with van der Waals surface area (Å²) >= 11 is 13.8. The van der Waals surface area contributed by atoms with Crippen LogP contribution in [-0.2, 0) is 4.79 Å². The van der Waals surface area contributed by atoms with Crippen molar-refractivity contribution in [3.05, 3.63) is 98.9 Å². The third-order valence-corrected chi connectivity index (χ3v) is 7.30. The quantitative estimate of drug-likeness (QED) is 0.193. The number of halogens is 2. The molecule has 3 aromatic rings. The summed E-state index contributed by atoms with van der Waals surface area (Å²) in [6.45, 7) is 3.07. The molecule has 40 heavy (non-hydrogen) atoms. The summed E-state index contributed by atoms with van der Waals surface area (Å²) in [5.74, 6) is 1.15. The maximum atomic E-state index is 12.9. The number of carbonyl (C=O) groups is 1. The first-order valence-corrected chi connectivity index (χ1v) is 14.2. The second-order valence-corrected chi connectivity index (χ2v) is 10.4. The van der Waals surface area contributed by atoms with E-state index in [0.29, 0.717) is 58.5 Å². The summed E-state index contributed by atoms with van der Waals surface area (Å²) in [5.41, 5.74) is 2.47. The van der Waals surface area contributed by atoms with Gasteiger partial charge >= 0.3 is 0 Å². The van der Waals surface area contributed by atoms with E-state index in [1.165, 1.54) is 11.8 Å². The first-order valence-electron chi connectivity index (χ1n) is 12.6. The molecule has 204 valence electrons. The number of benzene rings is 3. The van der Waals surface area contributed by atoms with Gasteiger partial charge in [0.2, 0.25) is 0 Å². The number of carbonyl (C=O) groups excluding carboxylic acids is 1. The molecule has 0 radical (unpaired) electrons. The van der Waals surface area contributed by atoms with Crippen LogP contribution >= 0.6 is 35.0 Å². The highest BCUT2D eigenvalue weighted by Gasteiger charge is 2.36. The summed E-state index contributed by atoms with van der Waals surface area (Å²) in [6, 6.07) is 20.3. The third kappa shape index (κ3) is 6.20. The van der Waals surface area contributed by atoms with Crippen molar-refractivity contribution < 1.29 is 19.0 Å². The van der Waals surface area contributed by atoms with Gasteiger partial charge in [-0.1, -0.05) is 65.3 Å². The molecular weight excluding hydrogens is 569 g/mol. The van der Waals surface area contributed by atoms with Gasteiger partial charge in [0.15, 0.2) is 16.7 Å². The molecule has 2 heterocycles. The molecule has 0 atom stereocenters. The molecular formula is C30H25Cl2N3O4S. The Morgan fingerprint density at radius 2 is 1.75 bits per heavy atom. The molecule has 0 aliphatic carbocycles. The van der Waals surface area contributed by atoms with Crippen molar-refractivity contribution in [1.82, 2.24) is 4.90 Å². The number of nitrogens with one attached hydrogen (secondary N) is 1. The second kappa shape index (κ2) is 12.6. The van der Waals surface area contributed by atoms with Crippen LogP contribution in [0, 0.1) is 5.41 Å². The topological polar surface area (TPSA) is 84.2 Å². The normalized spacial score (nSPS) is 15.6. The highest BCUT2D eigenvalue weighted by atomic mass is 35.5. The number of hydrogen-bond acceptors (Lipinski definition) is 6. The van der Waals surface area contributed by atoms with Gasteiger partial charge < -0.3 is 14.2 Å². The highest BCUT2D eigenvalue weighted by molar-refractivity contribution is 8.17. The Bertz CT molecular complexity index is 1520. The van der Waals surface area contributed by atoms with E-state index in [0.717, 1.165) is 17.0 Å². The van der Waals surface area contributed by atoms with Crippen LogP contribution in [0.2, 0.25) is 10.0 Å². The first-order chi connectivity index (χ1) is 19.4. The molecule has 0 unspecified atom stereocenters. The van der Waals surface area contributed by atoms with Crippen LogP contribution in [0.25, 0.3) is 11.8 Å². The minimum Gasteiger partial charge on any atom is -0.493 e. The molecule has 7 nitrogen and oxygen atoms in total. The van der Waals surface area contributed by atoms with Crippen molar-refractivity contribution in [2.45, 2.75) is 13.3 Å². The number of thioether (sulfide) groups is 1. The predicted octanol–water partition coefficient (Wildman–Crippen LogP) is 7.54. The fourth-order valence-corrected chi connectivity index (χ4v) is 5.40. The van der Waals surface area contributed by atoms with E-state index in [9.17, 15) is 4.79 Å². The summed E-state index contributed by atoms with van der Waals surface area (Å²) in [7, 11) is 0. The van der Waals surface area contributed by atoms with Gasteiger partial charge in [0.25, 0.3) is 5.91 Å². The van der Waals surface area contributed by atoms with Gasteiger partial charge in [-0.3, -0.25) is 15.1 Å². The molecule has 0 aromatic heterocycles. The number of hydrogen-bond donors (Lipinski definition) is 1. The molecule has 10 heteroatoms. The lowest BCUT2D eigenvalue weighted by Crippen LogP contribution is -2.38. The predicted molar refractivity (Wildman–Crippen MR) is 162 cm³/mol. The van der Waals surface area contributed by atoms with Gasteiger partial charge in [0.05, 0.1) is 36.1 Å². The SMILES string of the molecule is CCOc1cc(/C=C2/C(=N)N3C(c4ccccc4)=CSC3=NC2=O)cc(Cl)c1OCCCOc1ccc(Cl)cc1. The first kappa shape index (κ1) is 27.8. The number of amides is 1. The van der Waals surface area contributed by atoms with Crippen LogP contribution in [0.4, 0.5) is 0 Å². The second-order valence-electron chi connectivity index (χ2n) is 8.70. The molecule has 2 aliphatic heterocycles. The Morgan fingerprint density at radius 1 is 1.00 bits per heavy atom. The van der Waals surface area contributed by atoms with Crippen LogP contribution in [0.3, 0.4) is 0 Å². The van der Waals surface area contributed by atoms with Gasteiger partial charge in [-0.05, 0) is 60.5 Å². The minimum atomic E-state index is -0.485. The van der Waals surface area contributed by atoms with E-state index < -0.39 is 5.91 Å². The number of rotatable bonds is 10. The Kier molecular flexibility index (Phi) is 8.79. The Balaban J connectivity index is 1.31. The molecule has 0 bridgehead atoms.